The number of anilines is 1. The number of halogens is 4. The average molecular weight is 548 g/mol. The molecule has 1 saturated carbocycles. The standard InChI is InChI=1S/C22H25BrF3N3O3S/c1-10(2)32-21(31)15-13-6-4-5-7-14(13)33-20(15)27-19(30)11(3)29-17(12-8-9-12)16(23)18(28-29)22(24,25)26/h10-12H,4-9H2,1-3H3,(H,27,30). The van der Waals surface area contributed by atoms with Crippen LogP contribution >= 0.6 is 27.3 Å². The third-order valence-corrected chi connectivity index (χ3v) is 7.81. The Labute approximate surface area is 202 Å². The first-order valence-corrected chi connectivity index (χ1v) is 12.6. The molecule has 2 aromatic rings. The first-order valence-electron chi connectivity index (χ1n) is 11.0. The number of rotatable bonds is 6. The van der Waals surface area contributed by atoms with Crippen LogP contribution in [0.5, 0.6) is 0 Å². The fourth-order valence-corrected chi connectivity index (χ4v) is 6.19. The van der Waals surface area contributed by atoms with Crippen LogP contribution in [0.4, 0.5) is 18.2 Å². The molecule has 2 aliphatic carbocycles. The van der Waals surface area contributed by atoms with Gasteiger partial charge in [-0.05, 0) is 80.8 Å². The summed E-state index contributed by atoms with van der Waals surface area (Å²) in [5.74, 6) is -1.09. The van der Waals surface area contributed by atoms with Crippen LogP contribution in [0, 0.1) is 0 Å². The zero-order valence-corrected chi connectivity index (χ0v) is 20.9. The highest BCUT2D eigenvalue weighted by atomic mass is 79.9. The summed E-state index contributed by atoms with van der Waals surface area (Å²) in [5, 5.41) is 6.95. The third kappa shape index (κ3) is 4.84. The normalized spacial score (nSPS) is 17.1. The van der Waals surface area contributed by atoms with Gasteiger partial charge in [-0.1, -0.05) is 0 Å². The topological polar surface area (TPSA) is 73.2 Å². The van der Waals surface area contributed by atoms with E-state index in [1.54, 1.807) is 13.8 Å². The van der Waals surface area contributed by atoms with Gasteiger partial charge in [0.1, 0.15) is 11.0 Å². The molecule has 0 aromatic carbocycles. The van der Waals surface area contributed by atoms with Crippen molar-refractivity contribution in [2.24, 2.45) is 0 Å². The molecule has 1 unspecified atom stereocenters. The summed E-state index contributed by atoms with van der Waals surface area (Å²) in [7, 11) is 0. The van der Waals surface area contributed by atoms with E-state index in [9.17, 15) is 22.8 Å². The molecule has 1 amide bonds. The minimum atomic E-state index is -4.63. The van der Waals surface area contributed by atoms with Crippen LogP contribution in [-0.2, 0) is 28.5 Å². The summed E-state index contributed by atoms with van der Waals surface area (Å²) >= 11 is 4.40. The van der Waals surface area contributed by atoms with Gasteiger partial charge in [-0.2, -0.15) is 18.3 Å². The number of aryl methyl sites for hydroxylation is 1. The SMILES string of the molecule is CC(C)OC(=O)c1c(NC(=O)C(C)n2nc(C(F)(F)F)c(Br)c2C2CC2)sc2c1CCCC2. The molecule has 0 bridgehead atoms. The van der Waals surface area contributed by atoms with Gasteiger partial charge in [0.2, 0.25) is 5.91 Å². The number of amides is 1. The minimum absolute atomic E-state index is 0.0659. The molecule has 2 aliphatic rings. The van der Waals surface area contributed by atoms with Crippen molar-refractivity contribution in [3.05, 3.63) is 31.9 Å². The number of aromatic nitrogens is 2. The largest absolute Gasteiger partial charge is 0.459 e. The monoisotopic (exact) mass is 547 g/mol. The Morgan fingerprint density at radius 1 is 1.21 bits per heavy atom. The molecule has 0 spiro atoms. The molecule has 2 heterocycles. The minimum Gasteiger partial charge on any atom is -0.459 e. The van der Waals surface area contributed by atoms with Crippen molar-refractivity contribution in [1.29, 1.82) is 0 Å². The van der Waals surface area contributed by atoms with Crippen LogP contribution in [-0.4, -0.2) is 27.8 Å². The zero-order chi connectivity index (χ0) is 24.1. The zero-order valence-electron chi connectivity index (χ0n) is 18.5. The van der Waals surface area contributed by atoms with Crippen molar-refractivity contribution in [3.8, 4) is 0 Å². The number of hydrogen-bond donors (Lipinski definition) is 1. The van der Waals surface area contributed by atoms with E-state index < -0.39 is 29.8 Å². The number of alkyl halides is 3. The molecule has 0 aliphatic heterocycles. The fraction of sp³-hybridized carbons (Fsp3) is 0.591. The van der Waals surface area contributed by atoms with Crippen LogP contribution in [0.15, 0.2) is 4.47 Å². The maximum Gasteiger partial charge on any atom is 0.436 e. The first-order chi connectivity index (χ1) is 15.5. The van der Waals surface area contributed by atoms with E-state index in [1.807, 2.05) is 0 Å². The van der Waals surface area contributed by atoms with Crippen LogP contribution in [0.2, 0.25) is 0 Å². The molecule has 11 heteroatoms. The summed E-state index contributed by atoms with van der Waals surface area (Å²) in [4.78, 5) is 27.0. The molecular formula is C22H25BrF3N3O3S. The fourth-order valence-electron chi connectivity index (χ4n) is 4.10. The van der Waals surface area contributed by atoms with Crippen LogP contribution in [0.1, 0.15) is 90.6 Å². The van der Waals surface area contributed by atoms with Gasteiger partial charge in [0.15, 0.2) is 5.69 Å². The van der Waals surface area contributed by atoms with E-state index >= 15 is 0 Å². The van der Waals surface area contributed by atoms with Gasteiger partial charge in [-0.15, -0.1) is 11.3 Å². The highest BCUT2D eigenvalue weighted by Gasteiger charge is 2.43. The lowest BCUT2D eigenvalue weighted by Gasteiger charge is -2.17. The van der Waals surface area contributed by atoms with Gasteiger partial charge >= 0.3 is 12.1 Å². The molecule has 1 N–H and O–H groups in total. The lowest BCUT2D eigenvalue weighted by molar-refractivity contribution is -0.142. The molecule has 4 rings (SSSR count). The number of hydrogen-bond acceptors (Lipinski definition) is 5. The summed E-state index contributed by atoms with van der Waals surface area (Å²) in [6.07, 6.45) is 0.0429. The predicted molar refractivity (Wildman–Crippen MR) is 122 cm³/mol. The van der Waals surface area contributed by atoms with E-state index in [-0.39, 0.29) is 16.5 Å². The Hall–Kier alpha value is -1.88. The molecule has 1 atom stereocenters. The summed E-state index contributed by atoms with van der Waals surface area (Å²) in [6, 6.07) is -0.999. The van der Waals surface area contributed by atoms with E-state index in [2.05, 4.69) is 26.3 Å². The Morgan fingerprint density at radius 2 is 1.88 bits per heavy atom. The van der Waals surface area contributed by atoms with E-state index in [1.165, 1.54) is 22.9 Å². The van der Waals surface area contributed by atoms with Gasteiger partial charge in [0.25, 0.3) is 0 Å². The molecule has 1 fully saturated rings. The highest BCUT2D eigenvalue weighted by Crippen LogP contribution is 2.48. The Balaban J connectivity index is 1.66. The quantitative estimate of drug-likeness (QED) is 0.434. The summed E-state index contributed by atoms with van der Waals surface area (Å²) < 4.78 is 46.8. The highest BCUT2D eigenvalue weighted by molar-refractivity contribution is 9.10. The Bertz CT molecular complexity index is 1090. The summed E-state index contributed by atoms with van der Waals surface area (Å²) in [6.45, 7) is 5.02. The lowest BCUT2D eigenvalue weighted by atomic mass is 9.95. The molecule has 0 radical (unpaired) electrons. The molecular weight excluding hydrogens is 523 g/mol. The smallest absolute Gasteiger partial charge is 0.436 e. The molecule has 33 heavy (non-hydrogen) atoms. The van der Waals surface area contributed by atoms with Gasteiger partial charge in [0, 0.05) is 10.8 Å². The van der Waals surface area contributed by atoms with Crippen molar-refractivity contribution >= 4 is 44.1 Å². The van der Waals surface area contributed by atoms with Crippen LogP contribution < -0.4 is 5.32 Å². The third-order valence-electron chi connectivity index (χ3n) is 5.82. The van der Waals surface area contributed by atoms with Gasteiger partial charge in [-0.3, -0.25) is 9.48 Å². The number of nitrogens with one attached hydrogen (secondary N) is 1. The second-order valence-electron chi connectivity index (χ2n) is 8.80. The van der Waals surface area contributed by atoms with E-state index in [0.29, 0.717) is 16.3 Å². The molecule has 2 aromatic heterocycles. The average Bonchev–Trinajstić information content (AvgIpc) is 3.39. The van der Waals surface area contributed by atoms with Gasteiger partial charge in [0.05, 0.1) is 21.8 Å². The molecule has 6 nitrogen and oxygen atoms in total. The summed E-state index contributed by atoms with van der Waals surface area (Å²) in [5.41, 5.74) is 0.621. The first kappa shape index (κ1) is 24.3. The second kappa shape index (κ2) is 9.05. The van der Waals surface area contributed by atoms with Crippen molar-refractivity contribution in [3.63, 3.8) is 0 Å². The lowest BCUT2D eigenvalue weighted by Crippen LogP contribution is -2.26. The Kier molecular flexibility index (Phi) is 6.65. The predicted octanol–water partition coefficient (Wildman–Crippen LogP) is 6.25. The Morgan fingerprint density at radius 3 is 2.48 bits per heavy atom. The number of carbonyl (C=O) groups is 2. The maximum absolute atomic E-state index is 13.5. The van der Waals surface area contributed by atoms with Crippen molar-refractivity contribution in [2.75, 3.05) is 5.32 Å². The van der Waals surface area contributed by atoms with Crippen molar-refractivity contribution in [1.82, 2.24) is 9.78 Å². The van der Waals surface area contributed by atoms with Crippen LogP contribution in [0.25, 0.3) is 0 Å². The second-order valence-corrected chi connectivity index (χ2v) is 10.7. The van der Waals surface area contributed by atoms with Gasteiger partial charge < -0.3 is 10.1 Å². The molecule has 0 saturated heterocycles. The van der Waals surface area contributed by atoms with E-state index in [4.69, 9.17) is 4.74 Å². The molecule has 180 valence electrons. The number of nitrogens with zero attached hydrogens (tertiary/aromatic N) is 2. The number of esters is 1. The van der Waals surface area contributed by atoms with Crippen molar-refractivity contribution in [2.45, 2.75) is 83.5 Å². The number of ether oxygens (including phenoxy) is 1. The number of carbonyl (C=O) groups excluding carboxylic acids is 2. The van der Waals surface area contributed by atoms with Crippen LogP contribution in [0.3, 0.4) is 0 Å². The van der Waals surface area contributed by atoms with E-state index in [0.717, 1.165) is 49.0 Å². The number of fused-ring (bicyclic) bond motifs is 1. The van der Waals surface area contributed by atoms with Crippen molar-refractivity contribution < 1.29 is 27.5 Å². The maximum atomic E-state index is 13.5. The van der Waals surface area contributed by atoms with Gasteiger partial charge in [-0.25, -0.2) is 4.79 Å². The number of thiophene rings is 1.